The van der Waals surface area contributed by atoms with Crippen molar-refractivity contribution in [2.75, 3.05) is 13.1 Å². The van der Waals surface area contributed by atoms with Crippen LogP contribution in [0.2, 0.25) is 0 Å². The van der Waals surface area contributed by atoms with E-state index >= 15 is 0 Å². The molecule has 0 saturated carbocycles. The summed E-state index contributed by atoms with van der Waals surface area (Å²) >= 11 is 4.81. The third-order valence-corrected chi connectivity index (χ3v) is 3.91. The fraction of sp³-hybridized carbons (Fsp3) is 0.444. The average molecular weight is 275 g/mol. The van der Waals surface area contributed by atoms with Crippen molar-refractivity contribution in [3.63, 3.8) is 0 Å². The third-order valence-electron chi connectivity index (χ3n) is 2.30. The highest BCUT2D eigenvalue weighted by molar-refractivity contribution is 9.11. The summed E-state index contributed by atoms with van der Waals surface area (Å²) in [5.74, 6) is 0.105. The molecule has 0 aromatic carbocycles. The topological polar surface area (TPSA) is 46.3 Å². The summed E-state index contributed by atoms with van der Waals surface area (Å²) in [6, 6.07) is 3.90. The molecule has 2 N–H and O–H groups in total. The number of nitrogens with zero attached hydrogens (tertiary/aromatic N) is 1. The molecule has 5 heteroatoms. The van der Waals surface area contributed by atoms with Crippen LogP contribution in [0.15, 0.2) is 15.9 Å². The molecule has 0 radical (unpaired) electrons. The molecule has 0 bridgehead atoms. The molecule has 3 nitrogen and oxygen atoms in total. The van der Waals surface area contributed by atoms with Crippen LogP contribution < -0.4 is 5.73 Å². The van der Waals surface area contributed by atoms with Crippen LogP contribution in [-0.4, -0.2) is 29.9 Å². The zero-order valence-electron chi connectivity index (χ0n) is 7.57. The summed E-state index contributed by atoms with van der Waals surface area (Å²) in [7, 11) is 0. The fourth-order valence-corrected chi connectivity index (χ4v) is 2.91. The van der Waals surface area contributed by atoms with E-state index in [0.717, 1.165) is 21.6 Å². The zero-order valence-corrected chi connectivity index (χ0v) is 9.97. The lowest BCUT2D eigenvalue weighted by molar-refractivity contribution is 0.0795. The van der Waals surface area contributed by atoms with Gasteiger partial charge in [0, 0.05) is 19.1 Å². The summed E-state index contributed by atoms with van der Waals surface area (Å²) in [6.45, 7) is 1.48. The number of rotatable bonds is 1. The summed E-state index contributed by atoms with van der Waals surface area (Å²) in [4.78, 5) is 14.5. The van der Waals surface area contributed by atoms with E-state index in [0.29, 0.717) is 6.54 Å². The lowest BCUT2D eigenvalue weighted by Gasteiger charge is -2.13. The Hall–Kier alpha value is -0.390. The first-order chi connectivity index (χ1) is 6.66. The van der Waals surface area contributed by atoms with Gasteiger partial charge in [0.25, 0.3) is 5.91 Å². The molecular formula is C9H11BrN2OS. The van der Waals surface area contributed by atoms with Gasteiger partial charge in [-0.05, 0) is 34.5 Å². The molecule has 1 unspecified atom stereocenters. The van der Waals surface area contributed by atoms with Gasteiger partial charge in [0.05, 0.1) is 8.66 Å². The number of thiophene rings is 1. The largest absolute Gasteiger partial charge is 0.336 e. The van der Waals surface area contributed by atoms with E-state index in [1.807, 2.05) is 17.0 Å². The molecule has 2 heterocycles. The Morgan fingerprint density at radius 1 is 1.64 bits per heavy atom. The summed E-state index contributed by atoms with van der Waals surface area (Å²) in [6.07, 6.45) is 0.915. The standard InChI is InChI=1S/C9H11BrN2OS/c10-8-2-1-7(14-8)9(13)12-4-3-6(11)5-12/h1-2,6H,3-5,11H2. The first-order valence-electron chi connectivity index (χ1n) is 4.47. The van der Waals surface area contributed by atoms with E-state index in [4.69, 9.17) is 5.73 Å². The predicted molar refractivity (Wildman–Crippen MR) is 60.5 cm³/mol. The predicted octanol–water partition coefficient (Wildman–Crippen LogP) is 1.68. The molecule has 0 aliphatic carbocycles. The lowest BCUT2D eigenvalue weighted by atomic mass is 10.3. The van der Waals surface area contributed by atoms with Crippen LogP contribution >= 0.6 is 27.3 Å². The minimum Gasteiger partial charge on any atom is -0.336 e. The Morgan fingerprint density at radius 3 is 2.93 bits per heavy atom. The van der Waals surface area contributed by atoms with E-state index in [1.54, 1.807) is 0 Å². The first kappa shape index (κ1) is 10.1. The van der Waals surface area contributed by atoms with Crippen LogP contribution in [0.25, 0.3) is 0 Å². The molecule has 1 amide bonds. The second-order valence-corrected chi connectivity index (χ2v) is 5.87. The summed E-state index contributed by atoms with van der Waals surface area (Å²) in [5.41, 5.74) is 5.75. The number of hydrogen-bond acceptors (Lipinski definition) is 3. The fourth-order valence-electron chi connectivity index (χ4n) is 1.56. The lowest BCUT2D eigenvalue weighted by Crippen LogP contribution is -2.31. The molecule has 14 heavy (non-hydrogen) atoms. The average Bonchev–Trinajstić information content (AvgIpc) is 2.73. The number of amides is 1. The number of hydrogen-bond donors (Lipinski definition) is 1. The van der Waals surface area contributed by atoms with Crippen molar-refractivity contribution in [2.45, 2.75) is 12.5 Å². The molecule has 1 aromatic heterocycles. The van der Waals surface area contributed by atoms with Crippen molar-refractivity contribution >= 4 is 33.2 Å². The maximum atomic E-state index is 11.9. The Morgan fingerprint density at radius 2 is 2.43 bits per heavy atom. The molecule has 0 spiro atoms. The van der Waals surface area contributed by atoms with Crippen LogP contribution in [0, 0.1) is 0 Å². The number of likely N-dealkylation sites (tertiary alicyclic amines) is 1. The van der Waals surface area contributed by atoms with Gasteiger partial charge in [-0.2, -0.15) is 0 Å². The van der Waals surface area contributed by atoms with Gasteiger partial charge in [-0.1, -0.05) is 0 Å². The summed E-state index contributed by atoms with van der Waals surface area (Å²) in [5, 5.41) is 0. The van der Waals surface area contributed by atoms with Gasteiger partial charge in [0.15, 0.2) is 0 Å². The van der Waals surface area contributed by atoms with Crippen molar-refractivity contribution in [2.24, 2.45) is 5.73 Å². The van der Waals surface area contributed by atoms with Crippen molar-refractivity contribution in [3.8, 4) is 0 Å². The molecular weight excluding hydrogens is 264 g/mol. The zero-order chi connectivity index (χ0) is 10.1. The third kappa shape index (κ3) is 1.99. The van der Waals surface area contributed by atoms with Gasteiger partial charge in [-0.3, -0.25) is 4.79 Å². The Labute approximate surface area is 95.0 Å². The van der Waals surface area contributed by atoms with Gasteiger partial charge in [0.2, 0.25) is 0 Å². The van der Waals surface area contributed by atoms with Crippen molar-refractivity contribution in [1.29, 1.82) is 0 Å². The molecule has 1 aromatic rings. The van der Waals surface area contributed by atoms with Crippen LogP contribution in [-0.2, 0) is 0 Å². The van der Waals surface area contributed by atoms with Gasteiger partial charge in [0.1, 0.15) is 0 Å². The van der Waals surface area contributed by atoms with Crippen molar-refractivity contribution < 1.29 is 4.79 Å². The Balaban J connectivity index is 2.09. The maximum Gasteiger partial charge on any atom is 0.264 e. The highest BCUT2D eigenvalue weighted by Crippen LogP contribution is 2.24. The molecule has 1 atom stereocenters. The highest BCUT2D eigenvalue weighted by Gasteiger charge is 2.25. The molecule has 1 aliphatic heterocycles. The number of carbonyl (C=O) groups excluding carboxylic acids is 1. The van der Waals surface area contributed by atoms with Crippen LogP contribution in [0.4, 0.5) is 0 Å². The Kier molecular flexibility index (Phi) is 2.90. The molecule has 1 saturated heterocycles. The van der Waals surface area contributed by atoms with Gasteiger partial charge in [-0.25, -0.2) is 0 Å². The van der Waals surface area contributed by atoms with E-state index in [9.17, 15) is 4.79 Å². The molecule has 1 fully saturated rings. The minimum atomic E-state index is 0.105. The second kappa shape index (κ2) is 4.00. The minimum absolute atomic E-state index is 0.105. The van der Waals surface area contributed by atoms with Crippen molar-refractivity contribution in [3.05, 3.63) is 20.8 Å². The Bertz CT molecular complexity index is 352. The second-order valence-electron chi connectivity index (χ2n) is 3.40. The SMILES string of the molecule is NC1CCN(C(=O)c2ccc(Br)s2)C1. The highest BCUT2D eigenvalue weighted by atomic mass is 79.9. The molecule has 76 valence electrons. The quantitative estimate of drug-likeness (QED) is 0.847. The van der Waals surface area contributed by atoms with E-state index in [-0.39, 0.29) is 11.9 Å². The maximum absolute atomic E-state index is 11.9. The normalized spacial score (nSPS) is 21.6. The van der Waals surface area contributed by atoms with Crippen LogP contribution in [0.5, 0.6) is 0 Å². The molecule has 2 rings (SSSR count). The molecule has 1 aliphatic rings. The van der Waals surface area contributed by atoms with E-state index < -0.39 is 0 Å². The van der Waals surface area contributed by atoms with Crippen molar-refractivity contribution in [1.82, 2.24) is 4.90 Å². The first-order valence-corrected chi connectivity index (χ1v) is 6.08. The van der Waals surface area contributed by atoms with E-state index in [1.165, 1.54) is 11.3 Å². The smallest absolute Gasteiger partial charge is 0.264 e. The summed E-state index contributed by atoms with van der Waals surface area (Å²) < 4.78 is 0.990. The number of carbonyl (C=O) groups is 1. The van der Waals surface area contributed by atoms with Gasteiger partial charge < -0.3 is 10.6 Å². The van der Waals surface area contributed by atoms with Crippen LogP contribution in [0.3, 0.4) is 0 Å². The number of halogens is 1. The van der Waals surface area contributed by atoms with Gasteiger partial charge in [-0.15, -0.1) is 11.3 Å². The van der Waals surface area contributed by atoms with Gasteiger partial charge >= 0.3 is 0 Å². The van der Waals surface area contributed by atoms with E-state index in [2.05, 4.69) is 15.9 Å². The monoisotopic (exact) mass is 274 g/mol. The number of nitrogens with two attached hydrogens (primary N) is 1. The van der Waals surface area contributed by atoms with Crippen LogP contribution in [0.1, 0.15) is 16.1 Å².